The van der Waals surface area contributed by atoms with Crippen LogP contribution in [0.4, 0.5) is 15.8 Å². The van der Waals surface area contributed by atoms with Gasteiger partial charge in [0, 0.05) is 43.3 Å². The summed E-state index contributed by atoms with van der Waals surface area (Å²) in [6.07, 6.45) is 0.382. The quantitative estimate of drug-likeness (QED) is 0.897. The molecule has 6 heteroatoms. The minimum absolute atomic E-state index is 0.0558. The first-order valence-electron chi connectivity index (χ1n) is 9.20. The van der Waals surface area contributed by atoms with Gasteiger partial charge in [0.05, 0.1) is 5.69 Å². The molecule has 1 aliphatic heterocycles. The lowest BCUT2D eigenvalue weighted by atomic mass is 10.1. The summed E-state index contributed by atoms with van der Waals surface area (Å²) in [5.41, 5.74) is 1.72. The van der Waals surface area contributed by atoms with Crippen molar-refractivity contribution in [1.29, 1.82) is 0 Å². The zero-order chi connectivity index (χ0) is 19.4. The van der Waals surface area contributed by atoms with Crippen molar-refractivity contribution in [3.63, 3.8) is 0 Å². The molecule has 3 rings (SSSR count). The molecule has 2 aromatic carbocycles. The predicted octanol–water partition coefficient (Wildman–Crippen LogP) is 3.53. The lowest BCUT2D eigenvalue weighted by Gasteiger charge is -2.41. The average Bonchev–Trinajstić information content (AvgIpc) is 2.68. The SMILES string of the molecule is CCC(=O)Nc1cccc(C(=O)N2CCN(c3ccccc3F)C[C@@H]2C)c1. The first-order valence-corrected chi connectivity index (χ1v) is 9.20. The minimum Gasteiger partial charge on any atom is -0.365 e. The molecule has 5 nitrogen and oxygen atoms in total. The lowest BCUT2D eigenvalue weighted by Crippen LogP contribution is -2.54. The Morgan fingerprint density at radius 1 is 1.15 bits per heavy atom. The summed E-state index contributed by atoms with van der Waals surface area (Å²) in [5, 5.41) is 2.78. The second-order valence-electron chi connectivity index (χ2n) is 6.73. The van der Waals surface area contributed by atoms with E-state index in [0.717, 1.165) is 0 Å². The molecule has 2 amide bonds. The topological polar surface area (TPSA) is 52.7 Å². The van der Waals surface area contributed by atoms with Gasteiger partial charge in [0.25, 0.3) is 5.91 Å². The van der Waals surface area contributed by atoms with E-state index in [-0.39, 0.29) is 23.7 Å². The molecule has 1 N–H and O–H groups in total. The molecule has 0 bridgehead atoms. The van der Waals surface area contributed by atoms with Crippen LogP contribution in [0.25, 0.3) is 0 Å². The molecule has 1 heterocycles. The highest BCUT2D eigenvalue weighted by molar-refractivity contribution is 5.97. The summed E-state index contributed by atoms with van der Waals surface area (Å²) in [4.78, 5) is 28.3. The molecular formula is C21H24FN3O2. The van der Waals surface area contributed by atoms with E-state index >= 15 is 0 Å². The van der Waals surface area contributed by atoms with E-state index < -0.39 is 0 Å². The van der Waals surface area contributed by atoms with E-state index in [9.17, 15) is 14.0 Å². The molecule has 0 saturated carbocycles. The van der Waals surface area contributed by atoms with E-state index in [4.69, 9.17) is 0 Å². The zero-order valence-corrected chi connectivity index (χ0v) is 15.6. The maximum atomic E-state index is 14.0. The van der Waals surface area contributed by atoms with Gasteiger partial charge in [-0.15, -0.1) is 0 Å². The highest BCUT2D eigenvalue weighted by Crippen LogP contribution is 2.23. The Labute approximate surface area is 158 Å². The Balaban J connectivity index is 1.71. The number of hydrogen-bond donors (Lipinski definition) is 1. The van der Waals surface area contributed by atoms with E-state index in [1.165, 1.54) is 6.07 Å². The fraction of sp³-hybridized carbons (Fsp3) is 0.333. The predicted molar refractivity (Wildman–Crippen MR) is 104 cm³/mol. The van der Waals surface area contributed by atoms with Crippen molar-refractivity contribution in [1.82, 2.24) is 4.90 Å². The first-order chi connectivity index (χ1) is 13.0. The van der Waals surface area contributed by atoms with Gasteiger partial charge < -0.3 is 15.1 Å². The molecule has 2 aromatic rings. The molecule has 1 saturated heterocycles. The molecule has 0 aromatic heterocycles. The molecule has 1 aliphatic rings. The number of para-hydroxylation sites is 1. The smallest absolute Gasteiger partial charge is 0.254 e. The summed E-state index contributed by atoms with van der Waals surface area (Å²) in [6, 6.07) is 13.6. The molecule has 27 heavy (non-hydrogen) atoms. The second-order valence-corrected chi connectivity index (χ2v) is 6.73. The van der Waals surface area contributed by atoms with Crippen LogP contribution in [0, 0.1) is 5.82 Å². The number of rotatable bonds is 4. The van der Waals surface area contributed by atoms with Gasteiger partial charge in [-0.3, -0.25) is 9.59 Å². The van der Waals surface area contributed by atoms with Crippen LogP contribution in [0.1, 0.15) is 30.6 Å². The summed E-state index contributed by atoms with van der Waals surface area (Å²) in [6.45, 7) is 5.40. The Morgan fingerprint density at radius 2 is 1.93 bits per heavy atom. The number of piperazine rings is 1. The van der Waals surface area contributed by atoms with Gasteiger partial charge in [0.15, 0.2) is 0 Å². The molecular weight excluding hydrogens is 345 g/mol. The molecule has 0 aliphatic carbocycles. The highest BCUT2D eigenvalue weighted by Gasteiger charge is 2.29. The number of benzene rings is 2. The third-order valence-electron chi connectivity index (χ3n) is 4.80. The molecule has 142 valence electrons. The summed E-state index contributed by atoms with van der Waals surface area (Å²) < 4.78 is 14.0. The van der Waals surface area contributed by atoms with Crippen molar-refractivity contribution in [3.05, 3.63) is 59.9 Å². The number of anilines is 2. The lowest BCUT2D eigenvalue weighted by molar-refractivity contribution is -0.115. The number of nitrogens with one attached hydrogen (secondary N) is 1. The summed E-state index contributed by atoms with van der Waals surface area (Å²) >= 11 is 0. The van der Waals surface area contributed by atoms with E-state index in [2.05, 4.69) is 5.32 Å². The molecule has 0 spiro atoms. The van der Waals surface area contributed by atoms with E-state index in [0.29, 0.717) is 43.0 Å². The van der Waals surface area contributed by atoms with Crippen LogP contribution in [0.3, 0.4) is 0 Å². The number of amides is 2. The van der Waals surface area contributed by atoms with Crippen LogP contribution < -0.4 is 10.2 Å². The van der Waals surface area contributed by atoms with Gasteiger partial charge in [-0.1, -0.05) is 25.1 Å². The standard InChI is InChI=1S/C21H24FN3O2/c1-3-20(26)23-17-8-6-7-16(13-17)21(27)25-12-11-24(14-15(25)2)19-10-5-4-9-18(19)22/h4-10,13,15H,3,11-12,14H2,1-2H3,(H,23,26)/t15-/m0/s1. The molecule has 1 fully saturated rings. The monoisotopic (exact) mass is 369 g/mol. The number of halogens is 1. The highest BCUT2D eigenvalue weighted by atomic mass is 19.1. The number of hydrogen-bond acceptors (Lipinski definition) is 3. The summed E-state index contributed by atoms with van der Waals surface area (Å²) in [7, 11) is 0. The van der Waals surface area contributed by atoms with Crippen molar-refractivity contribution < 1.29 is 14.0 Å². The van der Waals surface area contributed by atoms with Crippen molar-refractivity contribution in [2.24, 2.45) is 0 Å². The van der Waals surface area contributed by atoms with Crippen LogP contribution in [0.5, 0.6) is 0 Å². The normalized spacial score (nSPS) is 16.9. The first kappa shape index (κ1) is 18.9. The largest absolute Gasteiger partial charge is 0.365 e. The van der Waals surface area contributed by atoms with Gasteiger partial charge in [-0.05, 0) is 37.3 Å². The molecule has 1 atom stereocenters. The van der Waals surface area contributed by atoms with Gasteiger partial charge in [0.2, 0.25) is 5.91 Å². The van der Waals surface area contributed by atoms with Gasteiger partial charge in [-0.25, -0.2) is 4.39 Å². The fourth-order valence-corrected chi connectivity index (χ4v) is 3.33. The minimum atomic E-state index is -0.246. The third-order valence-corrected chi connectivity index (χ3v) is 4.80. The van der Waals surface area contributed by atoms with Crippen molar-refractivity contribution >= 4 is 23.2 Å². The summed E-state index contributed by atoms with van der Waals surface area (Å²) in [5.74, 6) is -0.418. The molecule has 0 unspecified atom stereocenters. The Kier molecular flexibility index (Phi) is 5.74. The van der Waals surface area contributed by atoms with Crippen LogP contribution in [-0.2, 0) is 4.79 Å². The fourth-order valence-electron chi connectivity index (χ4n) is 3.33. The zero-order valence-electron chi connectivity index (χ0n) is 15.6. The number of carbonyl (C=O) groups is 2. The van der Waals surface area contributed by atoms with Crippen LogP contribution >= 0.6 is 0 Å². The van der Waals surface area contributed by atoms with Gasteiger partial charge >= 0.3 is 0 Å². The maximum absolute atomic E-state index is 14.0. The average molecular weight is 369 g/mol. The molecule has 0 radical (unpaired) electrons. The Hall–Kier alpha value is -2.89. The Bertz CT molecular complexity index is 840. The van der Waals surface area contributed by atoms with Crippen molar-refractivity contribution in [2.45, 2.75) is 26.3 Å². The Morgan fingerprint density at radius 3 is 2.63 bits per heavy atom. The van der Waals surface area contributed by atoms with Gasteiger partial charge in [-0.2, -0.15) is 0 Å². The van der Waals surface area contributed by atoms with Crippen molar-refractivity contribution in [3.8, 4) is 0 Å². The van der Waals surface area contributed by atoms with Crippen LogP contribution in [-0.4, -0.2) is 42.4 Å². The third kappa shape index (κ3) is 4.27. The maximum Gasteiger partial charge on any atom is 0.254 e. The van der Waals surface area contributed by atoms with E-state index in [1.807, 2.05) is 17.9 Å². The van der Waals surface area contributed by atoms with Crippen LogP contribution in [0.2, 0.25) is 0 Å². The number of nitrogens with zero attached hydrogens (tertiary/aromatic N) is 2. The second kappa shape index (κ2) is 8.20. The van der Waals surface area contributed by atoms with Crippen LogP contribution in [0.15, 0.2) is 48.5 Å². The van der Waals surface area contributed by atoms with Crippen molar-refractivity contribution in [2.75, 3.05) is 29.9 Å². The number of carbonyl (C=O) groups excluding carboxylic acids is 2. The van der Waals surface area contributed by atoms with E-state index in [1.54, 1.807) is 48.2 Å². The van der Waals surface area contributed by atoms with Gasteiger partial charge in [0.1, 0.15) is 5.82 Å².